The molecule has 0 radical (unpaired) electrons. The number of aliphatic hydroxyl groups excluding tert-OH is 1. The van der Waals surface area contributed by atoms with Gasteiger partial charge in [0.2, 0.25) is 0 Å². The Balaban J connectivity index is 3.59. The van der Waals surface area contributed by atoms with E-state index in [4.69, 9.17) is 5.11 Å². The number of carbonyl (C=O) groups is 1. The van der Waals surface area contributed by atoms with Gasteiger partial charge in [-0.1, -0.05) is 19.1 Å². The average molecular weight is 158 g/mol. The fourth-order valence-electron chi connectivity index (χ4n) is 0.672. The Morgan fingerprint density at radius 2 is 2.27 bits per heavy atom. The summed E-state index contributed by atoms with van der Waals surface area (Å²) < 4.78 is 4.51. The molecular formula is C8H14O3. The first-order chi connectivity index (χ1) is 5.22. The van der Waals surface area contributed by atoms with Crippen LogP contribution in [0, 0.1) is 5.92 Å². The van der Waals surface area contributed by atoms with Gasteiger partial charge in [0.1, 0.15) is 0 Å². The van der Waals surface area contributed by atoms with Gasteiger partial charge in [-0.2, -0.15) is 0 Å². The maximum absolute atomic E-state index is 10.8. The second-order valence-corrected chi connectivity index (χ2v) is 2.31. The summed E-state index contributed by atoms with van der Waals surface area (Å²) in [5.41, 5.74) is 0. The lowest BCUT2D eigenvalue weighted by molar-refractivity contribution is -0.144. The molecule has 1 atom stereocenters. The van der Waals surface area contributed by atoms with Crippen molar-refractivity contribution in [3.05, 3.63) is 12.2 Å². The molecule has 0 saturated heterocycles. The van der Waals surface area contributed by atoms with Crippen molar-refractivity contribution in [2.24, 2.45) is 5.92 Å². The lowest BCUT2D eigenvalue weighted by Gasteiger charge is -2.04. The highest BCUT2D eigenvalue weighted by atomic mass is 16.5. The van der Waals surface area contributed by atoms with E-state index in [2.05, 4.69) is 4.74 Å². The highest BCUT2D eigenvalue weighted by molar-refractivity contribution is 5.71. The van der Waals surface area contributed by atoms with E-state index >= 15 is 0 Å². The highest BCUT2D eigenvalue weighted by Crippen LogP contribution is 2.03. The number of carbonyl (C=O) groups excluding carboxylic acids is 1. The number of esters is 1. The summed E-state index contributed by atoms with van der Waals surface area (Å²) in [7, 11) is 1.37. The second kappa shape index (κ2) is 5.92. The van der Waals surface area contributed by atoms with Gasteiger partial charge in [0.15, 0.2) is 0 Å². The van der Waals surface area contributed by atoms with Crippen molar-refractivity contribution in [2.45, 2.75) is 13.3 Å². The monoisotopic (exact) mass is 158 g/mol. The van der Waals surface area contributed by atoms with Crippen LogP contribution in [0.3, 0.4) is 0 Å². The summed E-state index contributed by atoms with van der Waals surface area (Å²) in [6.45, 7) is 1.81. The number of aliphatic hydroxyl groups is 1. The quantitative estimate of drug-likeness (QED) is 0.484. The minimum atomic E-state index is -0.215. The predicted octanol–water partition coefficient (Wildman–Crippen LogP) is 0.734. The molecule has 0 rings (SSSR count). The fourth-order valence-corrected chi connectivity index (χ4v) is 0.672. The Morgan fingerprint density at radius 3 is 2.73 bits per heavy atom. The van der Waals surface area contributed by atoms with Gasteiger partial charge in [-0.3, -0.25) is 4.79 Å². The van der Waals surface area contributed by atoms with E-state index in [0.717, 1.165) is 0 Å². The van der Waals surface area contributed by atoms with Crippen LogP contribution in [0.4, 0.5) is 0 Å². The Hall–Kier alpha value is -0.830. The van der Waals surface area contributed by atoms with Crippen LogP contribution in [-0.4, -0.2) is 24.8 Å². The summed E-state index contributed by atoms with van der Waals surface area (Å²) >= 11 is 0. The highest BCUT2D eigenvalue weighted by Gasteiger charge is 2.09. The minimum absolute atomic E-state index is 0.0217. The molecule has 0 spiro atoms. The summed E-state index contributed by atoms with van der Waals surface area (Å²) in [5, 5.41) is 8.37. The van der Waals surface area contributed by atoms with Crippen molar-refractivity contribution in [2.75, 3.05) is 13.7 Å². The molecule has 0 fully saturated rings. The number of methoxy groups -OCH3 is 1. The minimum Gasteiger partial charge on any atom is -0.469 e. The van der Waals surface area contributed by atoms with E-state index in [1.165, 1.54) is 7.11 Å². The third kappa shape index (κ3) is 4.56. The maximum atomic E-state index is 10.8. The Morgan fingerprint density at radius 1 is 1.64 bits per heavy atom. The normalized spacial score (nSPS) is 13.4. The van der Waals surface area contributed by atoms with Crippen molar-refractivity contribution >= 4 is 5.97 Å². The first-order valence-corrected chi connectivity index (χ1v) is 3.56. The molecule has 3 nitrogen and oxygen atoms in total. The molecule has 0 aliphatic carbocycles. The topological polar surface area (TPSA) is 46.5 Å². The lowest BCUT2D eigenvalue weighted by atomic mass is 10.1. The summed E-state index contributed by atoms with van der Waals surface area (Å²) in [4.78, 5) is 10.8. The zero-order chi connectivity index (χ0) is 8.69. The first-order valence-electron chi connectivity index (χ1n) is 3.56. The Kier molecular flexibility index (Phi) is 5.47. The van der Waals surface area contributed by atoms with Crippen LogP contribution in [-0.2, 0) is 9.53 Å². The zero-order valence-corrected chi connectivity index (χ0v) is 6.91. The van der Waals surface area contributed by atoms with Crippen molar-refractivity contribution in [1.29, 1.82) is 0 Å². The predicted molar refractivity (Wildman–Crippen MR) is 42.0 cm³/mol. The molecule has 0 aromatic carbocycles. The number of ether oxygens (including phenoxy) is 1. The molecule has 0 amide bonds. The van der Waals surface area contributed by atoms with Crippen molar-refractivity contribution in [3.8, 4) is 0 Å². The van der Waals surface area contributed by atoms with Crippen LogP contribution >= 0.6 is 0 Å². The van der Waals surface area contributed by atoms with Gasteiger partial charge in [0, 0.05) is 0 Å². The van der Waals surface area contributed by atoms with Crippen molar-refractivity contribution in [3.63, 3.8) is 0 Å². The van der Waals surface area contributed by atoms with Crippen LogP contribution in [0.1, 0.15) is 13.3 Å². The SMILES string of the molecule is COC(=O)C(C)C/C=C/CO. The molecule has 0 heterocycles. The van der Waals surface area contributed by atoms with Crippen LogP contribution in [0.15, 0.2) is 12.2 Å². The van der Waals surface area contributed by atoms with E-state index < -0.39 is 0 Å². The largest absolute Gasteiger partial charge is 0.469 e. The van der Waals surface area contributed by atoms with E-state index in [1.54, 1.807) is 19.1 Å². The van der Waals surface area contributed by atoms with Crippen molar-refractivity contribution in [1.82, 2.24) is 0 Å². The molecule has 0 saturated carbocycles. The molecule has 0 aliphatic heterocycles. The van der Waals surface area contributed by atoms with Crippen LogP contribution in [0.5, 0.6) is 0 Å². The van der Waals surface area contributed by atoms with E-state index in [9.17, 15) is 4.79 Å². The molecule has 1 unspecified atom stereocenters. The standard InChI is InChI=1S/C8H14O3/c1-7(8(10)11-2)5-3-4-6-9/h3-4,7,9H,5-6H2,1-2H3/b4-3+. The molecule has 0 bridgehead atoms. The Bertz CT molecular complexity index is 140. The molecular weight excluding hydrogens is 144 g/mol. The first kappa shape index (κ1) is 10.2. The van der Waals surface area contributed by atoms with E-state index in [1.807, 2.05) is 0 Å². The van der Waals surface area contributed by atoms with Crippen molar-refractivity contribution < 1.29 is 14.6 Å². The smallest absolute Gasteiger partial charge is 0.308 e. The van der Waals surface area contributed by atoms with Crippen LogP contribution in [0.25, 0.3) is 0 Å². The molecule has 11 heavy (non-hydrogen) atoms. The summed E-state index contributed by atoms with van der Waals surface area (Å²) in [5.74, 6) is -0.338. The molecule has 0 aromatic heterocycles. The van der Waals surface area contributed by atoms with Gasteiger partial charge >= 0.3 is 5.97 Å². The fraction of sp³-hybridized carbons (Fsp3) is 0.625. The van der Waals surface area contributed by atoms with Crippen LogP contribution < -0.4 is 0 Å². The molecule has 64 valence electrons. The number of hydrogen-bond acceptors (Lipinski definition) is 3. The molecule has 1 N–H and O–H groups in total. The van der Waals surface area contributed by atoms with Gasteiger partial charge in [-0.25, -0.2) is 0 Å². The lowest BCUT2D eigenvalue weighted by Crippen LogP contribution is -2.11. The van der Waals surface area contributed by atoms with Crippen LogP contribution in [0.2, 0.25) is 0 Å². The second-order valence-electron chi connectivity index (χ2n) is 2.31. The van der Waals surface area contributed by atoms with E-state index in [-0.39, 0.29) is 18.5 Å². The number of rotatable bonds is 4. The van der Waals surface area contributed by atoms with Gasteiger partial charge in [-0.05, 0) is 6.42 Å². The van der Waals surface area contributed by atoms with Gasteiger partial charge in [-0.15, -0.1) is 0 Å². The molecule has 0 aliphatic rings. The van der Waals surface area contributed by atoms with Gasteiger partial charge in [0.25, 0.3) is 0 Å². The summed E-state index contributed by atoms with van der Waals surface area (Å²) in [6, 6.07) is 0. The maximum Gasteiger partial charge on any atom is 0.308 e. The van der Waals surface area contributed by atoms with Gasteiger partial charge < -0.3 is 9.84 Å². The Labute approximate surface area is 66.7 Å². The zero-order valence-electron chi connectivity index (χ0n) is 6.91. The third-order valence-corrected chi connectivity index (χ3v) is 1.37. The molecule has 0 aromatic rings. The number of hydrogen-bond donors (Lipinski definition) is 1. The van der Waals surface area contributed by atoms with E-state index in [0.29, 0.717) is 6.42 Å². The summed E-state index contributed by atoms with van der Waals surface area (Å²) in [6.07, 6.45) is 3.99. The molecule has 3 heteroatoms. The third-order valence-electron chi connectivity index (χ3n) is 1.37. The van der Waals surface area contributed by atoms with Gasteiger partial charge in [0.05, 0.1) is 19.6 Å². The average Bonchev–Trinajstić information content (AvgIpc) is 2.03. The number of allylic oxidation sites excluding steroid dienone is 1.